The maximum absolute atomic E-state index is 13.2. The number of halogens is 1. The van der Waals surface area contributed by atoms with E-state index in [0.29, 0.717) is 32.5 Å². The number of carbonyl (C=O) groups excluding carboxylic acids is 2. The molecule has 1 aliphatic rings. The van der Waals surface area contributed by atoms with Crippen molar-refractivity contribution in [3.63, 3.8) is 0 Å². The molecule has 1 saturated heterocycles. The van der Waals surface area contributed by atoms with E-state index in [4.69, 9.17) is 16.3 Å². The summed E-state index contributed by atoms with van der Waals surface area (Å²) in [7, 11) is 1.58. The summed E-state index contributed by atoms with van der Waals surface area (Å²) in [4.78, 5) is 32.4. The Hall–Kier alpha value is -3.68. The van der Waals surface area contributed by atoms with E-state index in [0.717, 1.165) is 4.70 Å². The summed E-state index contributed by atoms with van der Waals surface area (Å²) in [6.07, 6.45) is 0. The van der Waals surface area contributed by atoms with Crippen LogP contribution in [0.4, 0.5) is 5.13 Å². The molecular weight excluding hydrogens is 460 g/mol. The highest BCUT2D eigenvalue weighted by molar-refractivity contribution is 7.22. The number of aliphatic hydroxyl groups excluding tert-OH is 1. The van der Waals surface area contributed by atoms with Gasteiger partial charge in [-0.05, 0) is 35.9 Å². The van der Waals surface area contributed by atoms with Crippen molar-refractivity contribution >= 4 is 55.7 Å². The molecule has 4 aromatic rings. The molecule has 0 unspecified atom stereocenters. The Balaban J connectivity index is 1.72. The zero-order chi connectivity index (χ0) is 23.1. The number of thiazole rings is 1. The second-order valence-electron chi connectivity index (χ2n) is 7.42. The van der Waals surface area contributed by atoms with E-state index in [1.165, 1.54) is 16.2 Å². The molecule has 1 atom stereocenters. The number of ketones is 1. The number of hydrogen-bond acceptors (Lipinski definition) is 6. The quantitative estimate of drug-likeness (QED) is 0.236. The Kier molecular flexibility index (Phi) is 5.36. The minimum atomic E-state index is -0.857. The summed E-state index contributed by atoms with van der Waals surface area (Å²) in [5.41, 5.74) is 1.76. The molecule has 5 rings (SSSR count). The van der Waals surface area contributed by atoms with Gasteiger partial charge in [0.25, 0.3) is 5.78 Å². The Bertz CT molecular complexity index is 1410. The third-order valence-corrected chi connectivity index (χ3v) is 6.74. The number of fused-ring (bicyclic) bond motifs is 1. The number of nitrogens with zero attached hydrogens (tertiary/aromatic N) is 2. The SMILES string of the molecule is COc1ccc2nc(N3C(=O)C(=O)C(=C(O)c4ccccc4)[C@H]3c3ccc(Cl)cc3)sc2c1. The molecule has 0 spiro atoms. The van der Waals surface area contributed by atoms with Crippen LogP contribution in [0.2, 0.25) is 5.02 Å². The van der Waals surface area contributed by atoms with E-state index >= 15 is 0 Å². The minimum Gasteiger partial charge on any atom is -0.507 e. The second kappa shape index (κ2) is 8.35. The van der Waals surface area contributed by atoms with E-state index in [1.807, 2.05) is 6.07 Å². The Morgan fingerprint density at radius 3 is 2.48 bits per heavy atom. The van der Waals surface area contributed by atoms with Gasteiger partial charge in [0.2, 0.25) is 0 Å². The molecule has 0 saturated carbocycles. The molecule has 1 aliphatic heterocycles. The maximum Gasteiger partial charge on any atom is 0.301 e. The summed E-state index contributed by atoms with van der Waals surface area (Å²) >= 11 is 7.35. The number of hydrogen-bond donors (Lipinski definition) is 1. The fraction of sp³-hybridized carbons (Fsp3) is 0.0800. The zero-order valence-electron chi connectivity index (χ0n) is 17.4. The normalized spacial score (nSPS) is 17.6. The molecule has 33 heavy (non-hydrogen) atoms. The first-order chi connectivity index (χ1) is 16.0. The van der Waals surface area contributed by atoms with E-state index in [-0.39, 0.29) is 11.3 Å². The standard InChI is InChI=1S/C25H17ClN2O4S/c1-32-17-11-12-18-19(13-17)33-25(27-18)28-21(14-7-9-16(26)10-8-14)20(23(30)24(28)31)22(29)15-5-3-2-4-6-15/h2-13,21,29H,1H3/t21-/m1/s1. The van der Waals surface area contributed by atoms with Gasteiger partial charge in [-0.15, -0.1) is 0 Å². The van der Waals surface area contributed by atoms with E-state index < -0.39 is 17.7 Å². The average molecular weight is 477 g/mol. The zero-order valence-corrected chi connectivity index (χ0v) is 18.9. The van der Waals surface area contributed by atoms with Crippen LogP contribution in [0.1, 0.15) is 17.2 Å². The predicted molar refractivity (Wildman–Crippen MR) is 129 cm³/mol. The lowest BCUT2D eigenvalue weighted by molar-refractivity contribution is -0.132. The maximum atomic E-state index is 13.2. The van der Waals surface area contributed by atoms with Gasteiger partial charge in [0.15, 0.2) is 5.13 Å². The molecule has 0 aliphatic carbocycles. The van der Waals surface area contributed by atoms with Crippen LogP contribution in [0.3, 0.4) is 0 Å². The molecule has 164 valence electrons. The van der Waals surface area contributed by atoms with Crippen LogP contribution in [0.5, 0.6) is 5.75 Å². The van der Waals surface area contributed by atoms with Gasteiger partial charge in [0.1, 0.15) is 11.5 Å². The van der Waals surface area contributed by atoms with Crippen molar-refractivity contribution in [3.05, 3.63) is 94.5 Å². The number of aliphatic hydroxyl groups is 1. The number of carbonyl (C=O) groups is 2. The lowest BCUT2D eigenvalue weighted by atomic mass is 9.95. The van der Waals surface area contributed by atoms with Crippen LogP contribution < -0.4 is 9.64 Å². The topological polar surface area (TPSA) is 79.7 Å². The average Bonchev–Trinajstić information content (AvgIpc) is 3.37. The van der Waals surface area contributed by atoms with Crippen LogP contribution >= 0.6 is 22.9 Å². The van der Waals surface area contributed by atoms with Crippen molar-refractivity contribution in [2.75, 3.05) is 12.0 Å². The fourth-order valence-corrected chi connectivity index (χ4v) is 5.01. The number of ether oxygens (including phenoxy) is 1. The smallest absolute Gasteiger partial charge is 0.301 e. The predicted octanol–water partition coefficient (Wildman–Crippen LogP) is 5.58. The monoisotopic (exact) mass is 476 g/mol. The van der Waals surface area contributed by atoms with Gasteiger partial charge in [-0.2, -0.15) is 0 Å². The summed E-state index contributed by atoms with van der Waals surface area (Å²) in [6.45, 7) is 0. The van der Waals surface area contributed by atoms with Crippen LogP contribution in [0.25, 0.3) is 16.0 Å². The first-order valence-corrected chi connectivity index (χ1v) is 11.2. The van der Waals surface area contributed by atoms with Crippen molar-refractivity contribution in [1.29, 1.82) is 0 Å². The number of benzene rings is 3. The Morgan fingerprint density at radius 2 is 1.79 bits per heavy atom. The molecular formula is C25H17ClN2O4S. The lowest BCUT2D eigenvalue weighted by Gasteiger charge is -2.23. The van der Waals surface area contributed by atoms with Gasteiger partial charge in [-0.3, -0.25) is 14.5 Å². The molecule has 2 heterocycles. The number of anilines is 1. The van der Waals surface area contributed by atoms with Crippen molar-refractivity contribution in [1.82, 2.24) is 4.98 Å². The van der Waals surface area contributed by atoms with Crippen molar-refractivity contribution in [2.24, 2.45) is 0 Å². The van der Waals surface area contributed by atoms with Crippen molar-refractivity contribution < 1.29 is 19.4 Å². The first kappa shape index (κ1) is 21.2. The lowest BCUT2D eigenvalue weighted by Crippen LogP contribution is -2.29. The second-order valence-corrected chi connectivity index (χ2v) is 8.86. The van der Waals surface area contributed by atoms with Gasteiger partial charge < -0.3 is 9.84 Å². The van der Waals surface area contributed by atoms with Gasteiger partial charge in [0, 0.05) is 10.6 Å². The summed E-state index contributed by atoms with van der Waals surface area (Å²) < 4.78 is 6.10. The fourth-order valence-electron chi connectivity index (χ4n) is 3.86. The molecule has 1 amide bonds. The van der Waals surface area contributed by atoms with Crippen molar-refractivity contribution in [3.8, 4) is 5.75 Å². The number of Topliss-reactive ketones (excluding diaryl/α,β-unsaturated/α-hetero) is 1. The molecule has 0 bridgehead atoms. The molecule has 1 aromatic heterocycles. The molecule has 8 heteroatoms. The van der Waals surface area contributed by atoms with Gasteiger partial charge in [0.05, 0.1) is 28.9 Å². The largest absolute Gasteiger partial charge is 0.507 e. The number of rotatable bonds is 4. The van der Waals surface area contributed by atoms with Crippen LogP contribution in [-0.4, -0.2) is 28.9 Å². The van der Waals surface area contributed by atoms with Gasteiger partial charge in [-0.25, -0.2) is 4.98 Å². The van der Waals surface area contributed by atoms with Gasteiger partial charge in [-0.1, -0.05) is 65.4 Å². The number of amides is 1. The number of aromatic nitrogens is 1. The highest BCUT2D eigenvalue weighted by Crippen LogP contribution is 2.44. The van der Waals surface area contributed by atoms with E-state index in [1.54, 1.807) is 73.8 Å². The van der Waals surface area contributed by atoms with Crippen LogP contribution in [0, 0.1) is 0 Å². The van der Waals surface area contributed by atoms with E-state index in [2.05, 4.69) is 4.98 Å². The highest BCUT2D eigenvalue weighted by Gasteiger charge is 2.48. The summed E-state index contributed by atoms with van der Waals surface area (Å²) in [5.74, 6) is -1.09. The Morgan fingerprint density at radius 1 is 1.06 bits per heavy atom. The minimum absolute atomic E-state index is 0.00496. The van der Waals surface area contributed by atoms with Crippen LogP contribution in [-0.2, 0) is 9.59 Å². The highest BCUT2D eigenvalue weighted by atomic mass is 35.5. The summed E-state index contributed by atoms with van der Waals surface area (Å²) in [6, 6.07) is 20.1. The van der Waals surface area contributed by atoms with Crippen LogP contribution in [0.15, 0.2) is 78.4 Å². The van der Waals surface area contributed by atoms with Gasteiger partial charge >= 0.3 is 5.91 Å². The molecule has 3 aromatic carbocycles. The van der Waals surface area contributed by atoms with Crippen molar-refractivity contribution in [2.45, 2.75) is 6.04 Å². The molecule has 0 radical (unpaired) electrons. The third kappa shape index (κ3) is 3.65. The molecule has 1 fully saturated rings. The first-order valence-electron chi connectivity index (χ1n) is 10.0. The third-order valence-electron chi connectivity index (χ3n) is 5.47. The summed E-state index contributed by atoms with van der Waals surface area (Å²) in [5, 5.41) is 12.0. The molecule has 6 nitrogen and oxygen atoms in total. The molecule has 1 N–H and O–H groups in total. The Labute approximate surface area is 198 Å². The number of methoxy groups -OCH3 is 1. The van der Waals surface area contributed by atoms with E-state index in [9.17, 15) is 14.7 Å².